The van der Waals surface area contributed by atoms with Gasteiger partial charge in [0.25, 0.3) is 0 Å². The maximum Gasteiger partial charge on any atom is 0.163 e. The normalized spacial score (nSPS) is 20.8. The lowest BCUT2D eigenvalue weighted by Gasteiger charge is -2.30. The Morgan fingerprint density at radius 3 is 2.31 bits per heavy atom. The molecule has 29 heavy (non-hydrogen) atoms. The number of hydrogen-bond acceptors (Lipinski definition) is 3. The predicted molar refractivity (Wildman–Crippen MR) is 118 cm³/mol. The monoisotopic (exact) mass is 380 g/mol. The molecule has 1 heterocycles. The van der Waals surface area contributed by atoms with Gasteiger partial charge in [0, 0.05) is 17.7 Å². The van der Waals surface area contributed by atoms with Crippen molar-refractivity contribution in [1.82, 2.24) is 0 Å². The van der Waals surface area contributed by atoms with Gasteiger partial charge in [-0.2, -0.15) is 0 Å². The van der Waals surface area contributed by atoms with E-state index in [4.69, 9.17) is 0 Å². The minimum atomic E-state index is -0.148. The molecular formula is C26H24N2O. The smallest absolute Gasteiger partial charge is 0.163 e. The van der Waals surface area contributed by atoms with Gasteiger partial charge in [-0.05, 0) is 42.5 Å². The van der Waals surface area contributed by atoms with Crippen molar-refractivity contribution in [3.05, 3.63) is 107 Å². The third-order valence-electron chi connectivity index (χ3n) is 5.96. The molecule has 0 aromatic heterocycles. The van der Waals surface area contributed by atoms with Crippen molar-refractivity contribution in [2.75, 3.05) is 10.6 Å². The fourth-order valence-electron chi connectivity index (χ4n) is 4.55. The van der Waals surface area contributed by atoms with E-state index in [-0.39, 0.29) is 17.7 Å². The van der Waals surface area contributed by atoms with Crippen LogP contribution >= 0.6 is 0 Å². The zero-order valence-electron chi connectivity index (χ0n) is 16.5. The molecule has 0 radical (unpaired) electrons. The summed E-state index contributed by atoms with van der Waals surface area (Å²) in [5, 5.41) is 7.25. The van der Waals surface area contributed by atoms with Crippen molar-refractivity contribution in [3.8, 4) is 0 Å². The van der Waals surface area contributed by atoms with E-state index in [0.29, 0.717) is 6.42 Å². The topological polar surface area (TPSA) is 41.1 Å². The largest absolute Gasteiger partial charge is 0.372 e. The number of allylic oxidation sites excluding steroid dienone is 1. The summed E-state index contributed by atoms with van der Waals surface area (Å²) in [5.74, 6) is 0.429. The Balaban J connectivity index is 1.63. The summed E-state index contributed by atoms with van der Waals surface area (Å²) in [6.45, 7) is 2.09. The van der Waals surface area contributed by atoms with Crippen LogP contribution in [0.5, 0.6) is 0 Å². The zero-order chi connectivity index (χ0) is 19.8. The van der Waals surface area contributed by atoms with Gasteiger partial charge in [0.05, 0.1) is 17.4 Å². The molecule has 2 N–H and O–H groups in total. The number of aryl methyl sites for hydroxylation is 1. The molecular weight excluding hydrogens is 356 g/mol. The second-order valence-corrected chi connectivity index (χ2v) is 7.99. The molecule has 3 heteroatoms. The van der Waals surface area contributed by atoms with Gasteiger partial charge >= 0.3 is 0 Å². The molecule has 0 spiro atoms. The van der Waals surface area contributed by atoms with Gasteiger partial charge in [0.2, 0.25) is 0 Å². The number of nitrogens with one attached hydrogen (secondary N) is 2. The van der Waals surface area contributed by atoms with Gasteiger partial charge in [-0.1, -0.05) is 72.3 Å². The van der Waals surface area contributed by atoms with E-state index in [1.54, 1.807) is 0 Å². The highest BCUT2D eigenvalue weighted by Gasteiger charge is 2.35. The summed E-state index contributed by atoms with van der Waals surface area (Å²) >= 11 is 0. The van der Waals surface area contributed by atoms with Crippen molar-refractivity contribution in [1.29, 1.82) is 0 Å². The molecule has 0 bridgehead atoms. The first-order valence-corrected chi connectivity index (χ1v) is 10.2. The average molecular weight is 380 g/mol. The number of ketones is 1. The average Bonchev–Trinajstić information content (AvgIpc) is 2.91. The molecule has 0 amide bonds. The van der Waals surface area contributed by atoms with Gasteiger partial charge in [-0.3, -0.25) is 4.79 Å². The van der Waals surface area contributed by atoms with Crippen LogP contribution in [0.2, 0.25) is 0 Å². The van der Waals surface area contributed by atoms with Crippen LogP contribution in [-0.2, 0) is 4.79 Å². The maximum absolute atomic E-state index is 13.4. The number of fused-ring (bicyclic) bond motifs is 1. The first kappa shape index (κ1) is 17.7. The van der Waals surface area contributed by atoms with Crippen LogP contribution in [0.25, 0.3) is 0 Å². The molecule has 0 saturated heterocycles. The van der Waals surface area contributed by atoms with E-state index < -0.39 is 0 Å². The standard InChI is InChI=1S/C26H24N2O/c1-17-8-7-11-19(14-17)26-25-23(27-21-12-5-6-13-22(21)28-26)15-20(16-24(25)29)18-9-3-2-4-10-18/h2-14,20,26-28H,15-16H2,1H3/t20-,26+/m1/s1. The van der Waals surface area contributed by atoms with E-state index in [2.05, 4.69) is 78.2 Å². The van der Waals surface area contributed by atoms with Crippen molar-refractivity contribution in [3.63, 3.8) is 0 Å². The van der Waals surface area contributed by atoms with Crippen molar-refractivity contribution >= 4 is 17.2 Å². The summed E-state index contributed by atoms with van der Waals surface area (Å²) in [5.41, 5.74) is 7.52. The first-order valence-electron chi connectivity index (χ1n) is 10.2. The molecule has 2 aliphatic rings. The third-order valence-corrected chi connectivity index (χ3v) is 5.96. The highest BCUT2D eigenvalue weighted by atomic mass is 16.1. The van der Waals surface area contributed by atoms with Gasteiger partial charge in [0.15, 0.2) is 5.78 Å². The van der Waals surface area contributed by atoms with Crippen LogP contribution in [0.15, 0.2) is 90.1 Å². The molecule has 1 aliphatic carbocycles. The van der Waals surface area contributed by atoms with Crippen LogP contribution in [-0.4, -0.2) is 5.78 Å². The fraction of sp³-hybridized carbons (Fsp3) is 0.192. The van der Waals surface area contributed by atoms with E-state index in [1.165, 1.54) is 11.1 Å². The van der Waals surface area contributed by atoms with Gasteiger partial charge in [-0.25, -0.2) is 0 Å². The van der Waals surface area contributed by atoms with Crippen LogP contribution in [0, 0.1) is 6.92 Å². The number of para-hydroxylation sites is 2. The molecule has 3 aromatic carbocycles. The van der Waals surface area contributed by atoms with Crippen molar-refractivity contribution in [2.24, 2.45) is 0 Å². The summed E-state index contributed by atoms with van der Waals surface area (Å²) in [4.78, 5) is 13.4. The van der Waals surface area contributed by atoms with Gasteiger partial charge in [-0.15, -0.1) is 0 Å². The molecule has 3 aromatic rings. The van der Waals surface area contributed by atoms with Gasteiger partial charge < -0.3 is 10.6 Å². The Bertz CT molecular complexity index is 1100. The summed E-state index contributed by atoms with van der Waals surface area (Å²) < 4.78 is 0. The molecule has 144 valence electrons. The highest BCUT2D eigenvalue weighted by molar-refractivity contribution is 6.01. The van der Waals surface area contributed by atoms with Crippen LogP contribution < -0.4 is 10.6 Å². The Morgan fingerprint density at radius 1 is 0.793 bits per heavy atom. The summed E-state index contributed by atoms with van der Waals surface area (Å²) in [7, 11) is 0. The number of carbonyl (C=O) groups excluding carboxylic acids is 1. The minimum Gasteiger partial charge on any atom is -0.372 e. The number of carbonyl (C=O) groups is 1. The van der Waals surface area contributed by atoms with Crippen molar-refractivity contribution in [2.45, 2.75) is 31.7 Å². The Morgan fingerprint density at radius 2 is 1.52 bits per heavy atom. The Labute approximate surface area is 171 Å². The fourth-order valence-corrected chi connectivity index (χ4v) is 4.55. The molecule has 0 saturated carbocycles. The minimum absolute atomic E-state index is 0.148. The molecule has 5 rings (SSSR count). The quantitative estimate of drug-likeness (QED) is 0.575. The molecule has 3 nitrogen and oxygen atoms in total. The number of rotatable bonds is 2. The van der Waals surface area contributed by atoms with E-state index in [9.17, 15) is 4.79 Å². The predicted octanol–water partition coefficient (Wildman–Crippen LogP) is 5.97. The van der Waals surface area contributed by atoms with E-state index in [1.807, 2.05) is 18.2 Å². The highest BCUT2D eigenvalue weighted by Crippen LogP contribution is 2.44. The molecule has 2 atom stereocenters. The maximum atomic E-state index is 13.4. The van der Waals surface area contributed by atoms with Crippen LogP contribution in [0.4, 0.5) is 11.4 Å². The number of Topliss-reactive ketones (excluding diaryl/α,β-unsaturated/α-hetero) is 1. The summed E-state index contributed by atoms with van der Waals surface area (Å²) in [6, 6.07) is 26.9. The molecule has 0 fully saturated rings. The van der Waals surface area contributed by atoms with Crippen LogP contribution in [0.1, 0.15) is 41.5 Å². The zero-order valence-corrected chi connectivity index (χ0v) is 16.5. The lowest BCUT2D eigenvalue weighted by atomic mass is 9.78. The second kappa shape index (κ2) is 7.25. The Kier molecular flexibility index (Phi) is 4.44. The lowest BCUT2D eigenvalue weighted by Crippen LogP contribution is -2.26. The number of anilines is 2. The van der Waals surface area contributed by atoms with E-state index in [0.717, 1.165) is 34.6 Å². The third kappa shape index (κ3) is 3.33. The first-order chi connectivity index (χ1) is 14.2. The second-order valence-electron chi connectivity index (χ2n) is 7.99. The summed E-state index contributed by atoms with van der Waals surface area (Å²) in [6.07, 6.45) is 1.38. The number of benzene rings is 3. The number of hydrogen-bond donors (Lipinski definition) is 2. The van der Waals surface area contributed by atoms with E-state index >= 15 is 0 Å². The Hall–Kier alpha value is -3.33. The van der Waals surface area contributed by atoms with Gasteiger partial charge in [0.1, 0.15) is 0 Å². The van der Waals surface area contributed by atoms with Crippen LogP contribution in [0.3, 0.4) is 0 Å². The SMILES string of the molecule is Cc1cccc([C@@H]2Nc3ccccc3NC3=C2C(=O)C[C@H](c2ccccc2)C3)c1. The van der Waals surface area contributed by atoms with Crippen molar-refractivity contribution < 1.29 is 4.79 Å². The lowest BCUT2D eigenvalue weighted by molar-refractivity contribution is -0.116. The molecule has 1 aliphatic heterocycles. The molecule has 0 unspecified atom stereocenters.